The summed E-state index contributed by atoms with van der Waals surface area (Å²) < 4.78 is 15.7. The quantitative estimate of drug-likeness (QED) is 0.486. The molecule has 3 N–H and O–H groups in total. The van der Waals surface area contributed by atoms with Gasteiger partial charge in [0.1, 0.15) is 5.54 Å². The molecule has 0 spiro atoms. The lowest BCUT2D eigenvalue weighted by molar-refractivity contribution is -0.128. The van der Waals surface area contributed by atoms with Gasteiger partial charge in [-0.15, -0.1) is 0 Å². The molecule has 19 heavy (non-hydrogen) atoms. The Hall–Kier alpha value is -0.690. The van der Waals surface area contributed by atoms with Gasteiger partial charge in [0.2, 0.25) is 5.91 Å². The first-order chi connectivity index (χ1) is 9.17. The van der Waals surface area contributed by atoms with Crippen LogP contribution in [0.1, 0.15) is 19.8 Å². The Kier molecular flexibility index (Phi) is 7.30. The van der Waals surface area contributed by atoms with Crippen molar-refractivity contribution in [1.82, 2.24) is 5.32 Å². The Morgan fingerprint density at radius 3 is 2.42 bits per heavy atom. The summed E-state index contributed by atoms with van der Waals surface area (Å²) >= 11 is 0. The van der Waals surface area contributed by atoms with Crippen LogP contribution in [0.25, 0.3) is 0 Å². The first-order valence-electron chi connectivity index (χ1n) is 6.86. The van der Waals surface area contributed by atoms with Crippen LogP contribution in [0.15, 0.2) is 0 Å². The van der Waals surface area contributed by atoms with Gasteiger partial charge < -0.3 is 25.3 Å². The summed E-state index contributed by atoms with van der Waals surface area (Å²) in [7, 11) is 1.63. The van der Waals surface area contributed by atoms with Crippen LogP contribution in [0.3, 0.4) is 0 Å². The SMILES string of the molecule is CCNC(COCCOCCOC)(C(N)=O)C1CC1. The third kappa shape index (κ3) is 5.06. The van der Waals surface area contributed by atoms with Crippen LogP contribution in [0.4, 0.5) is 0 Å². The highest BCUT2D eigenvalue weighted by molar-refractivity contribution is 5.85. The van der Waals surface area contributed by atoms with Crippen LogP contribution in [0.5, 0.6) is 0 Å². The Morgan fingerprint density at radius 2 is 1.89 bits per heavy atom. The largest absolute Gasteiger partial charge is 0.382 e. The normalized spacial score (nSPS) is 18.2. The summed E-state index contributed by atoms with van der Waals surface area (Å²) in [4.78, 5) is 11.7. The van der Waals surface area contributed by atoms with E-state index in [1.54, 1.807) is 7.11 Å². The molecule has 0 aromatic rings. The molecular formula is C13H26N2O4. The number of likely N-dealkylation sites (N-methyl/N-ethyl adjacent to an activating group) is 1. The number of nitrogens with two attached hydrogens (primary N) is 1. The monoisotopic (exact) mass is 274 g/mol. The van der Waals surface area contributed by atoms with Gasteiger partial charge in [0.15, 0.2) is 0 Å². The molecule has 1 saturated carbocycles. The number of carbonyl (C=O) groups excluding carboxylic acids is 1. The number of amides is 1. The van der Waals surface area contributed by atoms with Crippen LogP contribution in [0.2, 0.25) is 0 Å². The topological polar surface area (TPSA) is 82.8 Å². The fourth-order valence-electron chi connectivity index (χ4n) is 2.16. The van der Waals surface area contributed by atoms with Crippen molar-refractivity contribution in [3.63, 3.8) is 0 Å². The molecule has 0 aromatic carbocycles. The van der Waals surface area contributed by atoms with Gasteiger partial charge in [-0.25, -0.2) is 0 Å². The second kappa shape index (κ2) is 8.47. The van der Waals surface area contributed by atoms with Crippen molar-refractivity contribution in [2.45, 2.75) is 25.3 Å². The lowest BCUT2D eigenvalue weighted by Gasteiger charge is -2.31. The number of primary amides is 1. The summed E-state index contributed by atoms with van der Waals surface area (Å²) in [5.41, 5.74) is 4.84. The van der Waals surface area contributed by atoms with Crippen molar-refractivity contribution >= 4 is 5.91 Å². The molecule has 0 aliphatic heterocycles. The van der Waals surface area contributed by atoms with Crippen molar-refractivity contribution in [1.29, 1.82) is 0 Å². The first kappa shape index (κ1) is 16.4. The van der Waals surface area contributed by atoms with Crippen LogP contribution < -0.4 is 11.1 Å². The van der Waals surface area contributed by atoms with Crippen molar-refractivity contribution in [3.8, 4) is 0 Å². The minimum atomic E-state index is -0.707. The number of hydrogen-bond acceptors (Lipinski definition) is 5. The number of ether oxygens (including phenoxy) is 3. The van der Waals surface area contributed by atoms with Gasteiger partial charge >= 0.3 is 0 Å². The molecule has 0 radical (unpaired) electrons. The molecule has 1 atom stereocenters. The molecule has 112 valence electrons. The van der Waals surface area contributed by atoms with E-state index >= 15 is 0 Å². The average molecular weight is 274 g/mol. The molecule has 0 saturated heterocycles. The first-order valence-corrected chi connectivity index (χ1v) is 6.86. The number of nitrogens with one attached hydrogen (secondary N) is 1. The summed E-state index contributed by atoms with van der Waals surface area (Å²) in [5, 5.41) is 3.21. The maximum absolute atomic E-state index is 11.7. The molecule has 6 nitrogen and oxygen atoms in total. The number of rotatable bonds is 12. The van der Waals surface area contributed by atoms with Crippen LogP contribution in [0, 0.1) is 5.92 Å². The maximum Gasteiger partial charge on any atom is 0.240 e. The van der Waals surface area contributed by atoms with Gasteiger partial charge in [-0.3, -0.25) is 4.79 Å². The molecule has 1 fully saturated rings. The Labute approximate surface area is 115 Å². The summed E-state index contributed by atoms with van der Waals surface area (Å²) in [6, 6.07) is 0. The number of methoxy groups -OCH3 is 1. The number of carbonyl (C=O) groups is 1. The minimum Gasteiger partial charge on any atom is -0.382 e. The standard InChI is InChI=1S/C13H26N2O4/c1-3-15-13(12(14)16,11-4-5-11)10-19-9-8-18-7-6-17-2/h11,15H,3-10H2,1-2H3,(H2,14,16). The van der Waals surface area contributed by atoms with Gasteiger partial charge in [0, 0.05) is 7.11 Å². The molecule has 1 rings (SSSR count). The smallest absolute Gasteiger partial charge is 0.240 e. The summed E-state index contributed by atoms with van der Waals surface area (Å²) in [6.07, 6.45) is 2.06. The third-order valence-electron chi connectivity index (χ3n) is 3.34. The molecule has 0 bridgehead atoms. The second-order valence-electron chi connectivity index (χ2n) is 4.80. The van der Waals surface area contributed by atoms with Crippen molar-refractivity contribution in [2.75, 3.05) is 46.7 Å². The number of hydrogen-bond donors (Lipinski definition) is 2. The van der Waals surface area contributed by atoms with Crippen molar-refractivity contribution in [2.24, 2.45) is 11.7 Å². The van der Waals surface area contributed by atoms with Crippen LogP contribution >= 0.6 is 0 Å². The molecular weight excluding hydrogens is 248 g/mol. The molecule has 1 unspecified atom stereocenters. The molecule has 6 heteroatoms. The lowest BCUT2D eigenvalue weighted by Crippen LogP contribution is -2.60. The van der Waals surface area contributed by atoms with Crippen LogP contribution in [-0.2, 0) is 19.0 Å². The van der Waals surface area contributed by atoms with E-state index in [-0.39, 0.29) is 5.91 Å². The highest BCUT2D eigenvalue weighted by Gasteiger charge is 2.49. The zero-order valence-corrected chi connectivity index (χ0v) is 11.9. The van der Waals surface area contributed by atoms with Crippen molar-refractivity contribution < 1.29 is 19.0 Å². The van der Waals surface area contributed by atoms with E-state index in [0.29, 0.717) is 45.5 Å². The molecule has 1 aliphatic carbocycles. The maximum atomic E-state index is 11.7. The summed E-state index contributed by atoms with van der Waals surface area (Å²) in [6.45, 7) is 5.06. The van der Waals surface area contributed by atoms with E-state index in [1.165, 1.54) is 0 Å². The molecule has 0 aromatic heterocycles. The third-order valence-corrected chi connectivity index (χ3v) is 3.34. The fourth-order valence-corrected chi connectivity index (χ4v) is 2.16. The Bertz CT molecular complexity index is 271. The van der Waals surface area contributed by atoms with Gasteiger partial charge in [-0.05, 0) is 25.3 Å². The lowest BCUT2D eigenvalue weighted by atomic mass is 9.93. The summed E-state index contributed by atoms with van der Waals surface area (Å²) in [5.74, 6) is -0.0171. The van der Waals surface area contributed by atoms with Gasteiger partial charge in [0.05, 0.1) is 33.0 Å². The Morgan fingerprint density at radius 1 is 1.26 bits per heavy atom. The predicted octanol–water partition coefficient (Wildman–Crippen LogP) is -0.0904. The Balaban J connectivity index is 2.27. The second-order valence-corrected chi connectivity index (χ2v) is 4.80. The van der Waals surface area contributed by atoms with E-state index in [2.05, 4.69) is 5.32 Å². The van der Waals surface area contributed by atoms with E-state index < -0.39 is 5.54 Å². The van der Waals surface area contributed by atoms with E-state index in [0.717, 1.165) is 12.8 Å². The zero-order chi connectivity index (χ0) is 14.1. The molecule has 0 heterocycles. The van der Waals surface area contributed by atoms with Gasteiger partial charge in [0.25, 0.3) is 0 Å². The molecule has 1 aliphatic rings. The van der Waals surface area contributed by atoms with E-state index in [9.17, 15) is 4.79 Å². The molecule has 1 amide bonds. The van der Waals surface area contributed by atoms with Crippen molar-refractivity contribution in [3.05, 3.63) is 0 Å². The van der Waals surface area contributed by atoms with E-state index in [4.69, 9.17) is 19.9 Å². The predicted molar refractivity (Wildman–Crippen MR) is 71.8 cm³/mol. The van der Waals surface area contributed by atoms with Gasteiger partial charge in [-0.1, -0.05) is 6.92 Å². The van der Waals surface area contributed by atoms with Gasteiger partial charge in [-0.2, -0.15) is 0 Å². The minimum absolute atomic E-state index is 0.305. The fraction of sp³-hybridized carbons (Fsp3) is 0.923. The highest BCUT2D eigenvalue weighted by Crippen LogP contribution is 2.39. The highest BCUT2D eigenvalue weighted by atomic mass is 16.5. The van der Waals surface area contributed by atoms with Crippen LogP contribution in [-0.4, -0.2) is 58.1 Å². The zero-order valence-electron chi connectivity index (χ0n) is 11.9. The van der Waals surface area contributed by atoms with E-state index in [1.807, 2.05) is 6.92 Å². The average Bonchev–Trinajstić information content (AvgIpc) is 3.20.